The molecule has 0 heterocycles. The van der Waals surface area contributed by atoms with E-state index in [0.717, 1.165) is 18.7 Å². The minimum absolute atomic E-state index is 0.320. The van der Waals surface area contributed by atoms with Gasteiger partial charge in [-0.25, -0.2) is 13.1 Å². The molecule has 0 bridgehead atoms. The summed E-state index contributed by atoms with van der Waals surface area (Å²) < 4.78 is 26.4. The number of benzene rings is 1. The average Bonchev–Trinajstić information content (AvgIpc) is 2.41. The Morgan fingerprint density at radius 1 is 1.29 bits per heavy atom. The molecule has 1 fully saturated rings. The molecule has 6 heteroatoms. The molecule has 0 radical (unpaired) electrons. The van der Waals surface area contributed by atoms with E-state index in [4.69, 9.17) is 5.73 Å². The van der Waals surface area contributed by atoms with Crippen molar-refractivity contribution in [2.24, 2.45) is 5.73 Å². The Balaban J connectivity index is 2.15. The van der Waals surface area contributed by atoms with Crippen molar-refractivity contribution in [2.75, 3.05) is 24.5 Å². The van der Waals surface area contributed by atoms with Crippen LogP contribution in [0.15, 0.2) is 29.2 Å². The third kappa shape index (κ3) is 3.96. The lowest BCUT2D eigenvalue weighted by atomic mass is 9.91. The van der Waals surface area contributed by atoms with Gasteiger partial charge in [0.15, 0.2) is 0 Å². The van der Waals surface area contributed by atoms with Gasteiger partial charge in [-0.2, -0.15) is 0 Å². The van der Waals surface area contributed by atoms with E-state index >= 15 is 0 Å². The van der Waals surface area contributed by atoms with Crippen LogP contribution in [0.2, 0.25) is 0 Å². The largest absolute Gasteiger partial charge is 0.369 e. The van der Waals surface area contributed by atoms with Crippen molar-refractivity contribution in [1.29, 1.82) is 0 Å². The molecular formula is C15H25N3O2S. The minimum Gasteiger partial charge on any atom is -0.369 e. The number of rotatable bonds is 8. The van der Waals surface area contributed by atoms with Crippen LogP contribution in [-0.2, 0) is 10.0 Å². The van der Waals surface area contributed by atoms with Gasteiger partial charge < -0.3 is 10.6 Å². The number of nitrogens with two attached hydrogens (primary N) is 1. The van der Waals surface area contributed by atoms with E-state index in [2.05, 4.69) is 9.62 Å². The molecule has 1 saturated carbocycles. The highest BCUT2D eigenvalue weighted by Gasteiger charge is 2.25. The summed E-state index contributed by atoms with van der Waals surface area (Å²) in [6.45, 7) is 3.78. The van der Waals surface area contributed by atoms with E-state index < -0.39 is 10.0 Å². The zero-order valence-electron chi connectivity index (χ0n) is 12.6. The number of anilines is 1. The topological polar surface area (TPSA) is 75.4 Å². The van der Waals surface area contributed by atoms with Crippen molar-refractivity contribution in [3.05, 3.63) is 24.3 Å². The molecule has 1 aliphatic rings. The fourth-order valence-corrected chi connectivity index (χ4v) is 3.61. The van der Waals surface area contributed by atoms with Crippen LogP contribution in [0.3, 0.4) is 0 Å². The first-order chi connectivity index (χ1) is 10.1. The van der Waals surface area contributed by atoms with Crippen molar-refractivity contribution >= 4 is 15.7 Å². The molecule has 118 valence electrons. The normalized spacial score (nSPS) is 15.7. The van der Waals surface area contributed by atoms with Crippen LogP contribution in [0, 0.1) is 0 Å². The summed E-state index contributed by atoms with van der Waals surface area (Å²) >= 11 is 0. The molecule has 0 atom stereocenters. The maximum atomic E-state index is 11.9. The Bertz CT molecular complexity index is 539. The van der Waals surface area contributed by atoms with E-state index in [-0.39, 0.29) is 0 Å². The standard InChI is InChI=1S/C15H25N3O2S/c1-2-17-21(19,20)15-9-7-14(8-10-15)18(12-4-11-16)13-5-3-6-13/h7-10,13,17H,2-6,11-12,16H2,1H3. The molecule has 3 N–H and O–H groups in total. The van der Waals surface area contributed by atoms with Crippen LogP contribution in [0.4, 0.5) is 5.69 Å². The van der Waals surface area contributed by atoms with Crippen molar-refractivity contribution in [2.45, 2.75) is 43.5 Å². The summed E-state index contributed by atoms with van der Waals surface area (Å²) in [6.07, 6.45) is 4.65. The lowest BCUT2D eigenvalue weighted by Crippen LogP contribution is -2.41. The van der Waals surface area contributed by atoms with Crippen LogP contribution in [-0.4, -0.2) is 34.1 Å². The summed E-state index contributed by atoms with van der Waals surface area (Å²) in [7, 11) is -3.37. The van der Waals surface area contributed by atoms with E-state index in [1.807, 2.05) is 12.1 Å². The predicted octanol–water partition coefficient (Wildman–Crippen LogP) is 1.69. The second-order valence-corrected chi connectivity index (χ2v) is 7.18. The predicted molar refractivity (Wildman–Crippen MR) is 86.0 cm³/mol. The minimum atomic E-state index is -3.37. The van der Waals surface area contributed by atoms with Crippen LogP contribution >= 0.6 is 0 Å². The van der Waals surface area contributed by atoms with E-state index in [0.29, 0.717) is 24.0 Å². The molecule has 0 aromatic heterocycles. The first kappa shape index (κ1) is 16.3. The van der Waals surface area contributed by atoms with Gasteiger partial charge in [-0.3, -0.25) is 0 Å². The summed E-state index contributed by atoms with van der Waals surface area (Å²) in [6, 6.07) is 7.74. The summed E-state index contributed by atoms with van der Waals surface area (Å²) in [5.74, 6) is 0. The van der Waals surface area contributed by atoms with Crippen LogP contribution in [0.1, 0.15) is 32.6 Å². The monoisotopic (exact) mass is 311 g/mol. The van der Waals surface area contributed by atoms with Gasteiger partial charge in [0, 0.05) is 24.8 Å². The SMILES string of the molecule is CCNS(=O)(=O)c1ccc(N(CCCN)C2CCC2)cc1. The number of hydrogen-bond donors (Lipinski definition) is 2. The highest BCUT2D eigenvalue weighted by molar-refractivity contribution is 7.89. The molecule has 0 aliphatic heterocycles. The van der Waals surface area contributed by atoms with Gasteiger partial charge in [-0.05, 0) is 56.5 Å². The number of hydrogen-bond acceptors (Lipinski definition) is 4. The van der Waals surface area contributed by atoms with Gasteiger partial charge in [-0.1, -0.05) is 6.92 Å². The highest BCUT2D eigenvalue weighted by Crippen LogP contribution is 2.30. The zero-order valence-corrected chi connectivity index (χ0v) is 13.4. The molecule has 1 aromatic rings. The lowest BCUT2D eigenvalue weighted by Gasteiger charge is -2.39. The molecule has 0 spiro atoms. The quantitative estimate of drug-likeness (QED) is 0.766. The first-order valence-corrected chi connectivity index (χ1v) is 9.13. The Kier molecular flexibility index (Phi) is 5.61. The number of nitrogens with one attached hydrogen (secondary N) is 1. The highest BCUT2D eigenvalue weighted by atomic mass is 32.2. The number of sulfonamides is 1. The van der Waals surface area contributed by atoms with Gasteiger partial charge in [0.2, 0.25) is 10.0 Å². The van der Waals surface area contributed by atoms with Gasteiger partial charge in [0.05, 0.1) is 4.90 Å². The Hall–Kier alpha value is -1.11. The maximum Gasteiger partial charge on any atom is 0.240 e. The van der Waals surface area contributed by atoms with E-state index in [9.17, 15) is 8.42 Å². The van der Waals surface area contributed by atoms with E-state index in [1.54, 1.807) is 19.1 Å². The van der Waals surface area contributed by atoms with Crippen molar-refractivity contribution in [3.8, 4) is 0 Å². The maximum absolute atomic E-state index is 11.9. The zero-order chi connectivity index (χ0) is 15.3. The fourth-order valence-electron chi connectivity index (χ4n) is 2.57. The third-order valence-corrected chi connectivity index (χ3v) is 5.49. The molecule has 0 amide bonds. The first-order valence-electron chi connectivity index (χ1n) is 7.65. The average molecular weight is 311 g/mol. The van der Waals surface area contributed by atoms with Gasteiger partial charge >= 0.3 is 0 Å². The van der Waals surface area contributed by atoms with Gasteiger partial charge in [-0.15, -0.1) is 0 Å². The van der Waals surface area contributed by atoms with E-state index in [1.165, 1.54) is 19.3 Å². The molecule has 0 unspecified atom stereocenters. The van der Waals surface area contributed by atoms with Crippen LogP contribution in [0.25, 0.3) is 0 Å². The van der Waals surface area contributed by atoms with Crippen molar-refractivity contribution in [1.82, 2.24) is 4.72 Å². The Morgan fingerprint density at radius 3 is 2.43 bits per heavy atom. The smallest absolute Gasteiger partial charge is 0.240 e. The Morgan fingerprint density at radius 2 is 1.95 bits per heavy atom. The number of nitrogens with zero attached hydrogens (tertiary/aromatic N) is 1. The molecule has 1 aromatic carbocycles. The van der Waals surface area contributed by atoms with Gasteiger partial charge in [0.25, 0.3) is 0 Å². The van der Waals surface area contributed by atoms with Crippen LogP contribution in [0.5, 0.6) is 0 Å². The summed E-state index contributed by atoms with van der Waals surface area (Å²) in [5.41, 5.74) is 6.70. The fraction of sp³-hybridized carbons (Fsp3) is 0.600. The molecule has 1 aliphatic carbocycles. The summed E-state index contributed by atoms with van der Waals surface area (Å²) in [5, 5.41) is 0. The molecule has 2 rings (SSSR count). The molecular weight excluding hydrogens is 286 g/mol. The Labute approximate surface area is 127 Å². The van der Waals surface area contributed by atoms with Gasteiger partial charge in [0.1, 0.15) is 0 Å². The summed E-state index contributed by atoms with van der Waals surface area (Å²) in [4.78, 5) is 2.68. The second kappa shape index (κ2) is 7.24. The molecule has 5 nitrogen and oxygen atoms in total. The van der Waals surface area contributed by atoms with Crippen molar-refractivity contribution in [3.63, 3.8) is 0 Å². The van der Waals surface area contributed by atoms with Crippen molar-refractivity contribution < 1.29 is 8.42 Å². The molecule has 21 heavy (non-hydrogen) atoms. The lowest BCUT2D eigenvalue weighted by molar-refractivity contribution is 0.385. The van der Waals surface area contributed by atoms with Crippen LogP contribution < -0.4 is 15.4 Å². The molecule has 0 saturated heterocycles. The third-order valence-electron chi connectivity index (χ3n) is 3.93. The second-order valence-electron chi connectivity index (χ2n) is 5.42.